The quantitative estimate of drug-likeness (QED) is 0.419. The van der Waals surface area contributed by atoms with E-state index in [2.05, 4.69) is 4.90 Å². The second-order valence-electron chi connectivity index (χ2n) is 3.10. The van der Waals surface area contributed by atoms with Gasteiger partial charge in [0.25, 0.3) is 0 Å². The number of hydrogen-bond donors (Lipinski definition) is 0. The Bertz CT molecular complexity index is 108. The van der Waals surface area contributed by atoms with Gasteiger partial charge in [0.05, 0.1) is 0 Å². The van der Waals surface area contributed by atoms with E-state index in [4.69, 9.17) is 0 Å². The van der Waals surface area contributed by atoms with Crippen LogP contribution >= 0.6 is 0 Å². The third-order valence-electron chi connectivity index (χ3n) is 2.90. The van der Waals surface area contributed by atoms with E-state index in [1.165, 1.54) is 31.3 Å². The van der Waals surface area contributed by atoms with Crippen molar-refractivity contribution < 1.29 is 0 Å². The maximum Gasteiger partial charge on any atom is 0.0171 e. The van der Waals surface area contributed by atoms with E-state index in [9.17, 15) is 0 Å². The normalized spacial score (nSPS) is 64.3. The van der Waals surface area contributed by atoms with E-state index in [1.54, 1.807) is 0 Å². The number of hydrogen-bond acceptors (Lipinski definition) is 1. The molecular formula is C6H9N. The molecule has 0 spiro atoms. The van der Waals surface area contributed by atoms with E-state index in [1.807, 2.05) is 0 Å². The summed E-state index contributed by atoms with van der Waals surface area (Å²) >= 11 is 0. The molecule has 3 aliphatic rings. The maximum atomic E-state index is 2.62. The lowest BCUT2D eigenvalue weighted by Crippen LogP contribution is -2.38. The number of nitrogens with zero attached hydrogens (tertiary/aromatic N) is 1. The van der Waals surface area contributed by atoms with Crippen molar-refractivity contribution in [2.24, 2.45) is 11.8 Å². The molecule has 0 bridgehead atoms. The van der Waals surface area contributed by atoms with Gasteiger partial charge in [-0.2, -0.15) is 0 Å². The first-order valence-corrected chi connectivity index (χ1v) is 3.21. The van der Waals surface area contributed by atoms with Gasteiger partial charge in [0.1, 0.15) is 0 Å². The van der Waals surface area contributed by atoms with Gasteiger partial charge in [0.15, 0.2) is 0 Å². The Morgan fingerprint density at radius 3 is 2.43 bits per heavy atom. The van der Waals surface area contributed by atoms with E-state index < -0.39 is 0 Å². The van der Waals surface area contributed by atoms with E-state index in [-0.39, 0.29) is 0 Å². The van der Waals surface area contributed by atoms with Gasteiger partial charge in [-0.3, -0.25) is 4.90 Å². The smallest absolute Gasteiger partial charge is 0.0171 e. The molecular weight excluding hydrogens is 86.1 g/mol. The largest absolute Gasteiger partial charge is 0.299 e. The highest BCUT2D eigenvalue weighted by atomic mass is 15.3. The van der Waals surface area contributed by atoms with Crippen molar-refractivity contribution in [3.8, 4) is 0 Å². The zero-order valence-electron chi connectivity index (χ0n) is 4.30. The molecule has 0 aromatic rings. The zero-order chi connectivity index (χ0) is 4.43. The summed E-state index contributed by atoms with van der Waals surface area (Å²) in [5, 5.41) is 0. The minimum Gasteiger partial charge on any atom is -0.299 e. The highest BCUT2D eigenvalue weighted by molar-refractivity contribution is 5.18. The van der Waals surface area contributed by atoms with Crippen LogP contribution in [0.5, 0.6) is 0 Å². The van der Waals surface area contributed by atoms with Gasteiger partial charge in [0.2, 0.25) is 0 Å². The molecule has 0 radical (unpaired) electrons. The maximum absolute atomic E-state index is 2.62. The topological polar surface area (TPSA) is 3.24 Å². The average Bonchev–Trinajstić information content (AvgIpc) is 2.02. The fourth-order valence-electron chi connectivity index (χ4n) is 2.40. The second-order valence-corrected chi connectivity index (χ2v) is 3.10. The molecule has 2 heterocycles. The molecule has 3 unspecified atom stereocenters. The lowest BCUT2D eigenvalue weighted by Gasteiger charge is -2.28. The Morgan fingerprint density at radius 1 is 1.29 bits per heavy atom. The van der Waals surface area contributed by atoms with Crippen LogP contribution in [0.4, 0.5) is 0 Å². The standard InChI is InChI=1S/C6H9N/c1-2-7-3-5-4(1)6(5)7/h4-6H,1-3H2. The molecule has 0 amide bonds. The fraction of sp³-hybridized carbons (Fsp3) is 1.00. The van der Waals surface area contributed by atoms with Crippen LogP contribution < -0.4 is 0 Å². The Hall–Kier alpha value is -0.0400. The summed E-state index contributed by atoms with van der Waals surface area (Å²) in [5.41, 5.74) is 0. The Kier molecular flexibility index (Phi) is 0.288. The number of rotatable bonds is 0. The summed E-state index contributed by atoms with van der Waals surface area (Å²) < 4.78 is 0. The van der Waals surface area contributed by atoms with Crippen LogP contribution in [-0.4, -0.2) is 24.0 Å². The van der Waals surface area contributed by atoms with Crippen LogP contribution in [0.1, 0.15) is 6.42 Å². The number of fused-ring (bicyclic) bond motifs is 1. The van der Waals surface area contributed by atoms with Crippen LogP contribution in [0, 0.1) is 11.8 Å². The predicted octanol–water partition coefficient (Wildman–Crippen LogP) is 0.320. The SMILES string of the molecule is C1CN2CC3C1C32. The monoisotopic (exact) mass is 95.1 g/mol. The van der Waals surface area contributed by atoms with E-state index in [0.29, 0.717) is 0 Å². The van der Waals surface area contributed by atoms with Gasteiger partial charge in [-0.1, -0.05) is 0 Å². The van der Waals surface area contributed by atoms with Crippen molar-refractivity contribution in [1.82, 2.24) is 4.90 Å². The van der Waals surface area contributed by atoms with Gasteiger partial charge in [0, 0.05) is 12.6 Å². The third kappa shape index (κ3) is 0.177. The molecule has 1 saturated carbocycles. The molecule has 1 nitrogen and oxygen atoms in total. The highest BCUT2D eigenvalue weighted by Gasteiger charge is 2.65. The second kappa shape index (κ2) is 0.655. The Labute approximate surface area is 43.3 Å². The highest BCUT2D eigenvalue weighted by Crippen LogP contribution is 2.58. The van der Waals surface area contributed by atoms with E-state index in [0.717, 1.165) is 6.04 Å². The molecule has 0 aromatic heterocycles. The van der Waals surface area contributed by atoms with Crippen LogP contribution in [0.3, 0.4) is 0 Å². The van der Waals surface area contributed by atoms with Crippen molar-refractivity contribution in [2.45, 2.75) is 12.5 Å². The van der Waals surface area contributed by atoms with Crippen molar-refractivity contribution in [3.05, 3.63) is 0 Å². The molecule has 0 aromatic carbocycles. The van der Waals surface area contributed by atoms with Gasteiger partial charge in [-0.25, -0.2) is 0 Å². The summed E-state index contributed by atoms with van der Waals surface area (Å²) in [7, 11) is 0. The molecule has 3 fully saturated rings. The third-order valence-corrected chi connectivity index (χ3v) is 2.90. The Balaban J connectivity index is 2.07. The van der Waals surface area contributed by atoms with Crippen molar-refractivity contribution in [2.75, 3.05) is 13.1 Å². The van der Waals surface area contributed by atoms with Gasteiger partial charge in [-0.15, -0.1) is 0 Å². The molecule has 2 saturated heterocycles. The van der Waals surface area contributed by atoms with Crippen molar-refractivity contribution in [3.63, 3.8) is 0 Å². The van der Waals surface area contributed by atoms with Gasteiger partial charge in [-0.05, 0) is 24.8 Å². The molecule has 1 aliphatic carbocycles. The first-order chi connectivity index (χ1) is 3.47. The molecule has 2 aliphatic heterocycles. The molecule has 1 heteroatoms. The summed E-state index contributed by atoms with van der Waals surface area (Å²) in [4.78, 5) is 2.62. The molecule has 7 heavy (non-hydrogen) atoms. The van der Waals surface area contributed by atoms with Gasteiger partial charge >= 0.3 is 0 Å². The molecule has 3 rings (SSSR count). The minimum absolute atomic E-state index is 1.11. The summed E-state index contributed by atoms with van der Waals surface area (Å²) in [6, 6.07) is 1.11. The Morgan fingerprint density at radius 2 is 2.29 bits per heavy atom. The first kappa shape index (κ1) is 3.08. The molecule has 3 atom stereocenters. The van der Waals surface area contributed by atoms with Crippen LogP contribution in [0.25, 0.3) is 0 Å². The van der Waals surface area contributed by atoms with Crippen molar-refractivity contribution in [1.29, 1.82) is 0 Å². The van der Waals surface area contributed by atoms with Crippen molar-refractivity contribution >= 4 is 0 Å². The zero-order valence-corrected chi connectivity index (χ0v) is 4.30. The summed E-state index contributed by atoms with van der Waals surface area (Å²) in [5.74, 6) is 2.37. The lowest BCUT2D eigenvalue weighted by atomic mass is 10.1. The molecule has 38 valence electrons. The van der Waals surface area contributed by atoms with Crippen LogP contribution in [0.15, 0.2) is 0 Å². The minimum atomic E-state index is 1.11. The van der Waals surface area contributed by atoms with Gasteiger partial charge < -0.3 is 0 Å². The summed E-state index contributed by atoms with van der Waals surface area (Å²) in [6.07, 6.45) is 1.52. The van der Waals surface area contributed by atoms with E-state index >= 15 is 0 Å². The fourth-order valence-corrected chi connectivity index (χ4v) is 2.40. The first-order valence-electron chi connectivity index (χ1n) is 3.21. The number of piperidine rings is 2. The molecule has 0 N–H and O–H groups in total. The lowest BCUT2D eigenvalue weighted by molar-refractivity contribution is 0.173. The van der Waals surface area contributed by atoms with Crippen LogP contribution in [-0.2, 0) is 0 Å². The average molecular weight is 95.1 g/mol. The predicted molar refractivity (Wildman–Crippen MR) is 27.0 cm³/mol. The summed E-state index contributed by atoms with van der Waals surface area (Å²) in [6.45, 7) is 2.88. The van der Waals surface area contributed by atoms with Crippen LogP contribution in [0.2, 0.25) is 0 Å².